The fraction of sp³-hybridized carbons (Fsp3) is 0.385. The van der Waals surface area contributed by atoms with Gasteiger partial charge in [-0.1, -0.05) is 0 Å². The van der Waals surface area contributed by atoms with Crippen molar-refractivity contribution in [2.45, 2.75) is 30.7 Å². The number of hydrogen-bond donors (Lipinski definition) is 2. The molecule has 0 heterocycles. The average molecular weight is 427 g/mol. The number of nitrogens with one attached hydrogen (secondary N) is 2. The molecule has 0 aliphatic heterocycles. The molecule has 0 amide bonds. The van der Waals surface area contributed by atoms with Gasteiger partial charge in [0.05, 0.1) is 17.2 Å². The lowest BCUT2D eigenvalue weighted by atomic mass is 10.1. The van der Waals surface area contributed by atoms with E-state index in [4.69, 9.17) is 5.26 Å². The van der Waals surface area contributed by atoms with E-state index in [0.29, 0.717) is 12.1 Å². The third-order valence-corrected chi connectivity index (χ3v) is 3.22. The fourth-order valence-corrected chi connectivity index (χ4v) is 1.86. The Labute approximate surface area is 149 Å². The minimum atomic E-state index is -6.03. The summed E-state index contributed by atoms with van der Waals surface area (Å²) in [6, 6.07) is 3.09. The van der Waals surface area contributed by atoms with Gasteiger partial charge in [0.1, 0.15) is 0 Å². The topological polar surface area (TPSA) is 47.9 Å². The zero-order valence-electron chi connectivity index (χ0n) is 12.5. The van der Waals surface area contributed by atoms with Crippen LogP contribution in [0.3, 0.4) is 0 Å². The molecule has 2 N–H and O–H groups in total. The van der Waals surface area contributed by atoms with Crippen LogP contribution in [0.25, 0.3) is 0 Å². The second kappa shape index (κ2) is 7.75. The fourth-order valence-electron chi connectivity index (χ4n) is 1.64. The lowest BCUT2D eigenvalue weighted by molar-refractivity contribution is -0.286. The molecule has 1 atom stereocenters. The van der Waals surface area contributed by atoms with E-state index in [-0.39, 0.29) is 0 Å². The van der Waals surface area contributed by atoms with Gasteiger partial charge in [0.25, 0.3) is 0 Å². The molecule has 0 saturated heterocycles. The van der Waals surface area contributed by atoms with E-state index in [2.05, 4.69) is 12.2 Å². The minimum absolute atomic E-state index is 0.325. The number of hydrogen-bond acceptors (Lipinski definition) is 2. The van der Waals surface area contributed by atoms with E-state index >= 15 is 0 Å². The molecule has 0 aliphatic rings. The monoisotopic (exact) mass is 427 g/mol. The largest absolute Gasteiger partial charge is 0.417 e. The van der Waals surface area contributed by atoms with Crippen molar-refractivity contribution in [3.63, 3.8) is 0 Å². The summed E-state index contributed by atoms with van der Waals surface area (Å²) in [5.41, 5.74) is -2.79. The highest BCUT2D eigenvalue weighted by Crippen LogP contribution is 2.41. The molecule has 1 unspecified atom stereocenters. The van der Waals surface area contributed by atoms with Crippen molar-refractivity contribution in [2.24, 2.45) is 0 Å². The lowest BCUT2D eigenvalue weighted by Crippen LogP contribution is -2.58. The number of nitriles is 1. The number of alkyl halides is 10. The van der Waals surface area contributed by atoms with Crippen LogP contribution in [0.1, 0.15) is 11.1 Å². The molecule has 0 aliphatic carbocycles. The second-order valence-electron chi connectivity index (χ2n) is 4.88. The number of thiocarbonyl (C=S) groups is 1. The van der Waals surface area contributed by atoms with Crippen LogP contribution in [0.4, 0.5) is 49.6 Å². The first kappa shape index (κ1) is 22.7. The van der Waals surface area contributed by atoms with Gasteiger partial charge in [-0.2, -0.15) is 36.0 Å². The van der Waals surface area contributed by atoms with Crippen LogP contribution in [-0.2, 0) is 6.18 Å². The van der Waals surface area contributed by atoms with Crippen molar-refractivity contribution in [3.05, 3.63) is 29.3 Å². The molecule has 27 heavy (non-hydrogen) atoms. The smallest absolute Gasteiger partial charge is 0.333 e. The third-order valence-electron chi connectivity index (χ3n) is 3.00. The lowest BCUT2D eigenvalue weighted by Gasteiger charge is -2.29. The molecule has 1 aromatic rings. The SMILES string of the molecule is N#Cc1ccc(NC(=S)NC(F)C(F)(F)C(F)(F)C(F)F)cc1C(F)(F)F. The van der Waals surface area contributed by atoms with E-state index in [1.807, 2.05) is 0 Å². The van der Waals surface area contributed by atoms with Gasteiger partial charge in [0.2, 0.25) is 6.30 Å². The normalized spacial score (nSPS) is 13.9. The third kappa shape index (κ3) is 4.90. The molecule has 0 bridgehead atoms. The summed E-state index contributed by atoms with van der Waals surface area (Å²) in [4.78, 5) is 0. The minimum Gasteiger partial charge on any atom is -0.333 e. The molecule has 14 heteroatoms. The van der Waals surface area contributed by atoms with Crippen molar-refractivity contribution in [1.29, 1.82) is 5.26 Å². The van der Waals surface area contributed by atoms with Crippen molar-refractivity contribution in [1.82, 2.24) is 5.32 Å². The maximum atomic E-state index is 13.4. The zero-order valence-corrected chi connectivity index (χ0v) is 13.3. The van der Waals surface area contributed by atoms with E-state index < -0.39 is 52.7 Å². The highest BCUT2D eigenvalue weighted by atomic mass is 32.1. The van der Waals surface area contributed by atoms with E-state index in [1.165, 1.54) is 6.07 Å². The maximum Gasteiger partial charge on any atom is 0.417 e. The first-order valence-corrected chi connectivity index (χ1v) is 6.92. The van der Waals surface area contributed by atoms with Crippen LogP contribution in [0.5, 0.6) is 0 Å². The summed E-state index contributed by atoms with van der Waals surface area (Å²) in [5, 5.41) is 10.2. The van der Waals surface area contributed by atoms with Gasteiger partial charge in [-0.15, -0.1) is 0 Å². The molecule has 1 rings (SSSR count). The summed E-state index contributed by atoms with van der Waals surface area (Å²) < 4.78 is 127. The van der Waals surface area contributed by atoms with Crippen LogP contribution in [0, 0.1) is 11.3 Å². The highest BCUT2D eigenvalue weighted by molar-refractivity contribution is 7.80. The summed E-state index contributed by atoms with van der Waals surface area (Å²) in [6.07, 6.45) is -13.9. The van der Waals surface area contributed by atoms with Crippen LogP contribution >= 0.6 is 12.2 Å². The summed E-state index contributed by atoms with van der Waals surface area (Å²) in [6.45, 7) is 0. The van der Waals surface area contributed by atoms with Gasteiger partial charge in [-0.05, 0) is 30.4 Å². The van der Waals surface area contributed by atoms with Gasteiger partial charge >= 0.3 is 24.4 Å². The van der Waals surface area contributed by atoms with E-state index in [1.54, 1.807) is 5.32 Å². The van der Waals surface area contributed by atoms with Crippen molar-refractivity contribution < 1.29 is 43.9 Å². The van der Waals surface area contributed by atoms with Crippen molar-refractivity contribution in [2.75, 3.05) is 5.32 Å². The molecule has 0 radical (unpaired) electrons. The Balaban J connectivity index is 2.97. The zero-order chi connectivity index (χ0) is 21.2. The highest BCUT2D eigenvalue weighted by Gasteiger charge is 2.67. The Morgan fingerprint density at radius 3 is 2.00 bits per heavy atom. The number of anilines is 1. The van der Waals surface area contributed by atoms with Crippen LogP contribution in [-0.4, -0.2) is 29.7 Å². The Morgan fingerprint density at radius 1 is 1.00 bits per heavy atom. The molecule has 3 nitrogen and oxygen atoms in total. The van der Waals surface area contributed by atoms with Gasteiger partial charge in [0.15, 0.2) is 5.11 Å². The standard InChI is InChI=1S/C13H7F10N3S/c14-8(15)11(17,18)12(19,20)9(16)26-10(27)25-6-2-1-5(4-24)7(3-6)13(21,22)23/h1-3,8-9H,(H2,25,26,27). The van der Waals surface area contributed by atoms with Gasteiger partial charge in [-0.25, -0.2) is 13.2 Å². The Hall–Kier alpha value is -2.30. The summed E-state index contributed by atoms with van der Waals surface area (Å²) >= 11 is 4.29. The predicted molar refractivity (Wildman–Crippen MR) is 76.3 cm³/mol. The number of rotatable bonds is 5. The molecule has 150 valence electrons. The quantitative estimate of drug-likeness (QED) is 0.407. The second-order valence-corrected chi connectivity index (χ2v) is 5.29. The number of benzene rings is 1. The van der Waals surface area contributed by atoms with Crippen LogP contribution < -0.4 is 10.6 Å². The Morgan fingerprint density at radius 2 is 1.56 bits per heavy atom. The van der Waals surface area contributed by atoms with Gasteiger partial charge in [0, 0.05) is 5.69 Å². The van der Waals surface area contributed by atoms with Gasteiger partial charge < -0.3 is 10.6 Å². The number of nitrogens with zero attached hydrogens (tertiary/aromatic N) is 1. The Kier molecular flexibility index (Phi) is 6.53. The molecule has 0 aromatic heterocycles. The molecule has 0 fully saturated rings. The molecular weight excluding hydrogens is 420 g/mol. The Bertz CT molecular complexity index is 741. The predicted octanol–water partition coefficient (Wildman–Crippen LogP) is 4.69. The van der Waals surface area contributed by atoms with Crippen molar-refractivity contribution in [3.8, 4) is 6.07 Å². The molecule has 0 saturated carbocycles. The first-order valence-electron chi connectivity index (χ1n) is 6.51. The van der Waals surface area contributed by atoms with Crippen molar-refractivity contribution >= 4 is 23.0 Å². The van der Waals surface area contributed by atoms with Crippen LogP contribution in [0.15, 0.2) is 18.2 Å². The first-order chi connectivity index (χ1) is 12.1. The average Bonchev–Trinajstić information content (AvgIpc) is 2.53. The summed E-state index contributed by atoms with van der Waals surface area (Å²) in [7, 11) is 0. The van der Waals surface area contributed by atoms with E-state index in [9.17, 15) is 43.9 Å². The number of halogens is 10. The molecular formula is C13H7F10N3S. The maximum absolute atomic E-state index is 13.4. The van der Waals surface area contributed by atoms with Gasteiger partial charge in [-0.3, -0.25) is 0 Å². The molecule has 1 aromatic carbocycles. The van der Waals surface area contributed by atoms with Crippen LogP contribution in [0.2, 0.25) is 0 Å². The van der Waals surface area contributed by atoms with E-state index in [0.717, 1.165) is 11.4 Å². The summed E-state index contributed by atoms with van der Waals surface area (Å²) in [5.74, 6) is -11.9. The molecule has 0 spiro atoms.